The number of nitrogens with one attached hydrogen (secondary N) is 3. The van der Waals surface area contributed by atoms with Gasteiger partial charge < -0.3 is 15.4 Å². The van der Waals surface area contributed by atoms with Crippen LogP contribution in [0.2, 0.25) is 0 Å². The number of aromatic nitrogens is 2. The van der Waals surface area contributed by atoms with Gasteiger partial charge in [0, 0.05) is 31.0 Å². The van der Waals surface area contributed by atoms with Crippen LogP contribution >= 0.6 is 0 Å². The highest BCUT2D eigenvalue weighted by atomic mass is 16.6. The van der Waals surface area contributed by atoms with Gasteiger partial charge >= 0.3 is 6.09 Å². The largest absolute Gasteiger partial charge is 0.444 e. The van der Waals surface area contributed by atoms with Gasteiger partial charge in [0.15, 0.2) is 0 Å². The van der Waals surface area contributed by atoms with Gasteiger partial charge in [0.05, 0.1) is 0 Å². The summed E-state index contributed by atoms with van der Waals surface area (Å²) in [5, 5.41) is 12.7. The van der Waals surface area contributed by atoms with Gasteiger partial charge in [-0.05, 0) is 33.8 Å². The van der Waals surface area contributed by atoms with Crippen molar-refractivity contribution in [2.45, 2.75) is 45.9 Å². The molecule has 0 spiro atoms. The summed E-state index contributed by atoms with van der Waals surface area (Å²) >= 11 is 0. The van der Waals surface area contributed by atoms with Crippen molar-refractivity contribution in [1.82, 2.24) is 20.8 Å². The van der Waals surface area contributed by atoms with E-state index < -0.39 is 11.7 Å². The van der Waals surface area contributed by atoms with Crippen LogP contribution in [0.3, 0.4) is 0 Å². The molecule has 0 aliphatic rings. The van der Waals surface area contributed by atoms with E-state index in [1.54, 1.807) is 6.20 Å². The number of rotatable bonds is 5. The molecule has 0 aliphatic carbocycles. The molecule has 0 radical (unpaired) electrons. The smallest absolute Gasteiger partial charge is 0.407 e. The minimum absolute atomic E-state index is 0.00257. The predicted molar refractivity (Wildman–Crippen MR) is 69.1 cm³/mol. The minimum Gasteiger partial charge on any atom is -0.444 e. The SMILES string of the molecule is CC(CNCc1ccn[nH]1)NC(=O)OC(C)(C)C. The molecular formula is C12H22N4O2. The van der Waals surface area contributed by atoms with E-state index in [-0.39, 0.29) is 6.04 Å². The van der Waals surface area contributed by atoms with Crippen molar-refractivity contribution >= 4 is 6.09 Å². The zero-order chi connectivity index (χ0) is 13.6. The van der Waals surface area contributed by atoms with E-state index in [2.05, 4.69) is 20.8 Å². The van der Waals surface area contributed by atoms with Crippen LogP contribution in [0.4, 0.5) is 4.79 Å². The average molecular weight is 254 g/mol. The molecule has 0 aliphatic heterocycles. The Balaban J connectivity index is 2.17. The third-order valence-electron chi connectivity index (χ3n) is 2.09. The van der Waals surface area contributed by atoms with Crippen LogP contribution in [-0.4, -0.2) is 34.5 Å². The highest BCUT2D eigenvalue weighted by molar-refractivity contribution is 5.68. The number of carbonyl (C=O) groups is 1. The number of hydrogen-bond acceptors (Lipinski definition) is 4. The molecule has 102 valence electrons. The molecule has 0 aromatic carbocycles. The fourth-order valence-electron chi connectivity index (χ4n) is 1.37. The predicted octanol–water partition coefficient (Wildman–Crippen LogP) is 1.41. The zero-order valence-corrected chi connectivity index (χ0v) is 11.4. The van der Waals surface area contributed by atoms with Crippen LogP contribution in [0, 0.1) is 0 Å². The Kier molecular flexibility index (Phi) is 5.15. The van der Waals surface area contributed by atoms with Gasteiger partial charge in [-0.3, -0.25) is 5.10 Å². The molecule has 1 heterocycles. The van der Waals surface area contributed by atoms with Crippen LogP contribution in [-0.2, 0) is 11.3 Å². The van der Waals surface area contributed by atoms with Crippen molar-refractivity contribution in [3.63, 3.8) is 0 Å². The normalized spacial score (nSPS) is 13.1. The molecule has 1 rings (SSSR count). The van der Waals surface area contributed by atoms with Crippen LogP contribution in [0.5, 0.6) is 0 Å². The molecule has 1 unspecified atom stereocenters. The number of aromatic amines is 1. The molecule has 1 amide bonds. The maximum atomic E-state index is 11.5. The lowest BCUT2D eigenvalue weighted by atomic mass is 10.2. The van der Waals surface area contributed by atoms with Gasteiger partial charge in [-0.2, -0.15) is 5.10 Å². The fourth-order valence-corrected chi connectivity index (χ4v) is 1.37. The maximum absolute atomic E-state index is 11.5. The number of nitrogens with zero attached hydrogens (tertiary/aromatic N) is 1. The molecule has 1 atom stereocenters. The van der Waals surface area contributed by atoms with Crippen LogP contribution in [0.25, 0.3) is 0 Å². The van der Waals surface area contributed by atoms with Gasteiger partial charge in [0.2, 0.25) is 0 Å². The van der Waals surface area contributed by atoms with E-state index in [0.717, 1.165) is 5.69 Å². The fraction of sp³-hybridized carbons (Fsp3) is 0.667. The lowest BCUT2D eigenvalue weighted by Crippen LogP contribution is -2.42. The molecule has 1 aromatic rings. The number of H-pyrrole nitrogens is 1. The third-order valence-corrected chi connectivity index (χ3v) is 2.09. The maximum Gasteiger partial charge on any atom is 0.407 e. The van der Waals surface area contributed by atoms with Crippen molar-refractivity contribution in [2.24, 2.45) is 0 Å². The van der Waals surface area contributed by atoms with Crippen LogP contribution in [0.1, 0.15) is 33.4 Å². The highest BCUT2D eigenvalue weighted by Crippen LogP contribution is 2.06. The first kappa shape index (κ1) is 14.5. The molecule has 1 aromatic heterocycles. The second-order valence-corrected chi connectivity index (χ2v) is 5.26. The minimum atomic E-state index is -0.465. The summed E-state index contributed by atoms with van der Waals surface area (Å²) < 4.78 is 5.17. The summed E-state index contributed by atoms with van der Waals surface area (Å²) in [6.45, 7) is 8.80. The number of hydrogen-bond donors (Lipinski definition) is 3. The van der Waals surface area contributed by atoms with Gasteiger partial charge in [-0.1, -0.05) is 0 Å². The molecular weight excluding hydrogens is 232 g/mol. The second-order valence-electron chi connectivity index (χ2n) is 5.26. The standard InChI is InChI=1S/C12H22N4O2/c1-9(15-11(17)18-12(2,3)4)7-13-8-10-5-6-14-16-10/h5-6,9,13H,7-8H2,1-4H3,(H,14,16)(H,15,17). The topological polar surface area (TPSA) is 79.0 Å². The highest BCUT2D eigenvalue weighted by Gasteiger charge is 2.17. The Morgan fingerprint density at radius 2 is 2.28 bits per heavy atom. The number of alkyl carbamates (subject to hydrolysis) is 1. The van der Waals surface area contributed by atoms with Gasteiger partial charge in [0.25, 0.3) is 0 Å². The van der Waals surface area contributed by atoms with Gasteiger partial charge in [-0.25, -0.2) is 4.79 Å². The van der Waals surface area contributed by atoms with E-state index in [1.165, 1.54) is 0 Å². The van der Waals surface area contributed by atoms with Crippen LogP contribution < -0.4 is 10.6 Å². The van der Waals surface area contributed by atoms with Crippen LogP contribution in [0.15, 0.2) is 12.3 Å². The molecule has 18 heavy (non-hydrogen) atoms. The average Bonchev–Trinajstić information content (AvgIpc) is 2.66. The molecule has 6 heteroatoms. The van der Waals surface area contributed by atoms with Gasteiger partial charge in [-0.15, -0.1) is 0 Å². The van der Waals surface area contributed by atoms with E-state index in [0.29, 0.717) is 13.1 Å². The van der Waals surface area contributed by atoms with Crippen molar-refractivity contribution in [2.75, 3.05) is 6.54 Å². The lowest BCUT2D eigenvalue weighted by molar-refractivity contribution is 0.0508. The van der Waals surface area contributed by atoms with E-state index in [9.17, 15) is 4.79 Å². The zero-order valence-electron chi connectivity index (χ0n) is 11.4. The number of ether oxygens (including phenoxy) is 1. The molecule has 3 N–H and O–H groups in total. The Hall–Kier alpha value is -1.56. The summed E-state index contributed by atoms with van der Waals surface area (Å²) in [5.41, 5.74) is 0.548. The Bertz CT molecular complexity index is 357. The second kappa shape index (κ2) is 6.39. The third kappa shape index (κ3) is 6.24. The Morgan fingerprint density at radius 1 is 1.56 bits per heavy atom. The molecule has 0 saturated heterocycles. The number of carbonyl (C=O) groups excluding carboxylic acids is 1. The van der Waals surface area contributed by atoms with Crippen molar-refractivity contribution in [3.05, 3.63) is 18.0 Å². The Labute approximate surface area is 107 Å². The summed E-state index contributed by atoms with van der Waals surface area (Å²) in [5.74, 6) is 0. The van der Waals surface area contributed by atoms with Crippen molar-refractivity contribution < 1.29 is 9.53 Å². The molecule has 6 nitrogen and oxygen atoms in total. The molecule has 0 bridgehead atoms. The summed E-state index contributed by atoms with van der Waals surface area (Å²) in [6.07, 6.45) is 1.32. The quantitative estimate of drug-likeness (QED) is 0.742. The van der Waals surface area contributed by atoms with E-state index in [4.69, 9.17) is 4.74 Å². The lowest BCUT2D eigenvalue weighted by Gasteiger charge is -2.22. The van der Waals surface area contributed by atoms with E-state index in [1.807, 2.05) is 33.8 Å². The summed E-state index contributed by atoms with van der Waals surface area (Å²) in [4.78, 5) is 11.5. The monoisotopic (exact) mass is 254 g/mol. The summed E-state index contributed by atoms with van der Waals surface area (Å²) in [7, 11) is 0. The van der Waals surface area contributed by atoms with E-state index >= 15 is 0 Å². The molecule has 0 fully saturated rings. The first-order valence-corrected chi connectivity index (χ1v) is 6.05. The number of amides is 1. The Morgan fingerprint density at radius 3 is 2.83 bits per heavy atom. The first-order valence-electron chi connectivity index (χ1n) is 6.05. The summed E-state index contributed by atoms with van der Waals surface area (Å²) in [6, 6.07) is 1.90. The molecule has 0 saturated carbocycles. The van der Waals surface area contributed by atoms with Crippen molar-refractivity contribution in [1.29, 1.82) is 0 Å². The first-order chi connectivity index (χ1) is 8.37. The van der Waals surface area contributed by atoms with Gasteiger partial charge in [0.1, 0.15) is 5.60 Å². The van der Waals surface area contributed by atoms with Crippen molar-refractivity contribution in [3.8, 4) is 0 Å².